The van der Waals surface area contributed by atoms with E-state index in [0.29, 0.717) is 5.69 Å². The summed E-state index contributed by atoms with van der Waals surface area (Å²) in [6.07, 6.45) is 0. The molecule has 0 aliphatic heterocycles. The summed E-state index contributed by atoms with van der Waals surface area (Å²) in [6.45, 7) is -0.322. The third-order valence-electron chi connectivity index (χ3n) is 1.87. The lowest BCUT2D eigenvalue weighted by molar-refractivity contribution is -0.119. The molecular formula is C9H11FN4O2. The van der Waals surface area contributed by atoms with Gasteiger partial charge in [0.25, 0.3) is 5.91 Å². The molecule has 0 fully saturated rings. The Labute approximate surface area is 91.0 Å². The lowest BCUT2D eigenvalue weighted by Gasteiger charge is -2.19. The molecule has 0 atom stereocenters. The van der Waals surface area contributed by atoms with E-state index in [-0.39, 0.29) is 6.54 Å². The first-order valence-electron chi connectivity index (χ1n) is 4.36. The highest BCUT2D eigenvalue weighted by Gasteiger charge is 2.15. The Bertz CT molecular complexity index is 393. The first kappa shape index (κ1) is 11.9. The fourth-order valence-electron chi connectivity index (χ4n) is 1.11. The van der Waals surface area contributed by atoms with Crippen molar-refractivity contribution >= 4 is 17.6 Å². The van der Waals surface area contributed by atoms with Crippen LogP contribution in [0.4, 0.5) is 14.9 Å². The number of carbonyl (C=O) groups excluding carboxylic acids is 2. The summed E-state index contributed by atoms with van der Waals surface area (Å²) in [5.41, 5.74) is 7.27. The van der Waals surface area contributed by atoms with E-state index in [1.54, 1.807) is 0 Å². The molecule has 0 bridgehead atoms. The van der Waals surface area contributed by atoms with Crippen LogP contribution < -0.4 is 21.9 Å². The Morgan fingerprint density at radius 2 is 1.88 bits per heavy atom. The smallest absolute Gasteiger partial charge is 0.319 e. The Hall–Kier alpha value is -2.15. The fraction of sp³-hybridized carbons (Fsp3) is 0.111. The van der Waals surface area contributed by atoms with Crippen LogP contribution in [-0.4, -0.2) is 18.5 Å². The number of hydrogen-bond donors (Lipinski definition) is 3. The molecule has 0 unspecified atom stereocenters. The summed E-state index contributed by atoms with van der Waals surface area (Å²) in [4.78, 5) is 23.1. The van der Waals surface area contributed by atoms with Gasteiger partial charge in [0.15, 0.2) is 0 Å². The SMILES string of the molecule is NNC(=O)CN(C(N)=O)c1ccc(F)cc1. The van der Waals surface area contributed by atoms with E-state index in [1.807, 2.05) is 5.43 Å². The standard InChI is InChI=1S/C9H11FN4O2/c10-6-1-3-7(4-2-6)14(9(11)16)5-8(15)13-12/h1-4H,5,12H2,(H2,11,16)(H,13,15). The third-order valence-corrected chi connectivity index (χ3v) is 1.87. The number of urea groups is 1. The van der Waals surface area contributed by atoms with Crippen LogP contribution in [0.25, 0.3) is 0 Å². The molecule has 86 valence electrons. The highest BCUT2D eigenvalue weighted by atomic mass is 19.1. The molecule has 0 aliphatic rings. The van der Waals surface area contributed by atoms with Gasteiger partial charge < -0.3 is 5.73 Å². The number of hydrogen-bond acceptors (Lipinski definition) is 3. The van der Waals surface area contributed by atoms with Crippen molar-refractivity contribution in [3.8, 4) is 0 Å². The van der Waals surface area contributed by atoms with Gasteiger partial charge in [0.1, 0.15) is 12.4 Å². The minimum atomic E-state index is -0.824. The molecule has 0 saturated heterocycles. The number of nitrogens with zero attached hydrogens (tertiary/aromatic N) is 1. The van der Waals surface area contributed by atoms with Crippen LogP contribution in [0.5, 0.6) is 0 Å². The van der Waals surface area contributed by atoms with E-state index >= 15 is 0 Å². The number of halogens is 1. The van der Waals surface area contributed by atoms with Crippen LogP contribution in [0.3, 0.4) is 0 Å². The predicted molar refractivity (Wildman–Crippen MR) is 55.7 cm³/mol. The zero-order valence-electron chi connectivity index (χ0n) is 8.31. The minimum Gasteiger partial charge on any atom is -0.351 e. The topological polar surface area (TPSA) is 101 Å². The molecule has 0 saturated carbocycles. The monoisotopic (exact) mass is 226 g/mol. The predicted octanol–water partition coefficient (Wildman–Crippen LogP) is -0.299. The van der Waals surface area contributed by atoms with E-state index in [9.17, 15) is 14.0 Å². The molecule has 5 N–H and O–H groups in total. The lowest BCUT2D eigenvalue weighted by Crippen LogP contribution is -2.45. The number of primary amides is 1. The number of anilines is 1. The number of benzene rings is 1. The summed E-state index contributed by atoms with van der Waals surface area (Å²) < 4.78 is 12.6. The van der Waals surface area contributed by atoms with Gasteiger partial charge in [-0.15, -0.1) is 0 Å². The van der Waals surface area contributed by atoms with Crippen LogP contribution in [0, 0.1) is 5.82 Å². The highest BCUT2D eigenvalue weighted by molar-refractivity contribution is 5.96. The van der Waals surface area contributed by atoms with E-state index < -0.39 is 17.8 Å². The van der Waals surface area contributed by atoms with E-state index in [1.165, 1.54) is 12.1 Å². The molecule has 0 heterocycles. The maximum Gasteiger partial charge on any atom is 0.319 e. The molecule has 3 amide bonds. The molecule has 1 aromatic rings. The van der Waals surface area contributed by atoms with E-state index in [0.717, 1.165) is 17.0 Å². The number of nitrogens with one attached hydrogen (secondary N) is 1. The van der Waals surface area contributed by atoms with Crippen molar-refractivity contribution in [2.24, 2.45) is 11.6 Å². The van der Waals surface area contributed by atoms with Crippen molar-refractivity contribution in [2.75, 3.05) is 11.4 Å². The number of rotatable bonds is 3. The zero-order chi connectivity index (χ0) is 12.1. The lowest BCUT2D eigenvalue weighted by atomic mass is 10.3. The van der Waals surface area contributed by atoms with E-state index in [2.05, 4.69) is 0 Å². The van der Waals surface area contributed by atoms with Crippen molar-refractivity contribution in [1.29, 1.82) is 0 Å². The zero-order valence-corrected chi connectivity index (χ0v) is 8.31. The van der Waals surface area contributed by atoms with Crippen LogP contribution in [0.1, 0.15) is 0 Å². The van der Waals surface area contributed by atoms with Crippen LogP contribution >= 0.6 is 0 Å². The second-order valence-corrected chi connectivity index (χ2v) is 2.97. The quantitative estimate of drug-likeness (QED) is 0.374. The largest absolute Gasteiger partial charge is 0.351 e. The summed E-state index contributed by atoms with van der Waals surface area (Å²) in [7, 11) is 0. The Balaban J connectivity index is 2.89. The van der Waals surface area contributed by atoms with Gasteiger partial charge in [-0.1, -0.05) is 0 Å². The van der Waals surface area contributed by atoms with Gasteiger partial charge in [-0.2, -0.15) is 0 Å². The Morgan fingerprint density at radius 1 is 1.31 bits per heavy atom. The van der Waals surface area contributed by atoms with E-state index in [4.69, 9.17) is 11.6 Å². The fourth-order valence-corrected chi connectivity index (χ4v) is 1.11. The van der Waals surface area contributed by atoms with Gasteiger partial charge in [-0.25, -0.2) is 15.0 Å². The molecule has 0 radical (unpaired) electrons. The Morgan fingerprint density at radius 3 is 2.31 bits per heavy atom. The molecule has 1 aromatic carbocycles. The number of amides is 3. The minimum absolute atomic E-state index is 0.317. The number of nitrogens with two attached hydrogens (primary N) is 2. The summed E-state index contributed by atoms with van der Waals surface area (Å²) in [5, 5.41) is 0. The van der Waals surface area contributed by atoms with Gasteiger partial charge in [-0.3, -0.25) is 15.1 Å². The molecule has 0 aliphatic carbocycles. The van der Waals surface area contributed by atoms with Crippen molar-refractivity contribution in [2.45, 2.75) is 0 Å². The average Bonchev–Trinajstić information content (AvgIpc) is 2.26. The van der Waals surface area contributed by atoms with Gasteiger partial charge in [0, 0.05) is 5.69 Å². The van der Waals surface area contributed by atoms with Crippen molar-refractivity contribution in [3.63, 3.8) is 0 Å². The first-order valence-corrected chi connectivity index (χ1v) is 4.36. The highest BCUT2D eigenvalue weighted by Crippen LogP contribution is 2.14. The first-order chi connectivity index (χ1) is 7.54. The molecule has 7 heteroatoms. The molecule has 0 aromatic heterocycles. The molecule has 6 nitrogen and oxygen atoms in total. The average molecular weight is 226 g/mol. The molecular weight excluding hydrogens is 215 g/mol. The summed E-state index contributed by atoms with van der Waals surface area (Å²) in [5.74, 6) is 3.86. The van der Waals surface area contributed by atoms with Crippen molar-refractivity contribution < 1.29 is 14.0 Å². The van der Waals surface area contributed by atoms with Crippen LogP contribution in [-0.2, 0) is 4.79 Å². The molecule has 0 spiro atoms. The maximum atomic E-state index is 12.6. The molecule has 1 rings (SSSR count). The normalized spacial score (nSPS) is 9.62. The summed E-state index contributed by atoms with van der Waals surface area (Å²) in [6, 6.07) is 4.17. The molecule has 16 heavy (non-hydrogen) atoms. The summed E-state index contributed by atoms with van der Waals surface area (Å²) >= 11 is 0. The third kappa shape index (κ3) is 2.92. The second-order valence-electron chi connectivity index (χ2n) is 2.97. The van der Waals surface area contributed by atoms with Crippen LogP contribution in [0.15, 0.2) is 24.3 Å². The van der Waals surface area contributed by atoms with Crippen molar-refractivity contribution in [1.82, 2.24) is 5.43 Å². The van der Waals surface area contributed by atoms with Gasteiger partial charge in [0.2, 0.25) is 0 Å². The van der Waals surface area contributed by atoms with Gasteiger partial charge >= 0.3 is 6.03 Å². The second kappa shape index (κ2) is 5.08. The Kier molecular flexibility index (Phi) is 3.78. The van der Waals surface area contributed by atoms with Crippen LogP contribution in [0.2, 0.25) is 0 Å². The van der Waals surface area contributed by atoms with Crippen molar-refractivity contribution in [3.05, 3.63) is 30.1 Å². The number of carbonyl (C=O) groups is 2. The maximum absolute atomic E-state index is 12.6. The van der Waals surface area contributed by atoms with Gasteiger partial charge in [-0.05, 0) is 24.3 Å². The number of hydrazine groups is 1. The van der Waals surface area contributed by atoms with Gasteiger partial charge in [0.05, 0.1) is 0 Å².